The average molecular weight is 458 g/mol. The van der Waals surface area contributed by atoms with Crippen LogP contribution >= 0.6 is 0 Å². The summed E-state index contributed by atoms with van der Waals surface area (Å²) < 4.78 is 5.97. The molecule has 0 bridgehead atoms. The Morgan fingerprint density at radius 2 is 2.03 bits per heavy atom. The van der Waals surface area contributed by atoms with E-state index in [9.17, 15) is 14.7 Å². The van der Waals surface area contributed by atoms with Gasteiger partial charge in [0.05, 0.1) is 11.9 Å². The van der Waals surface area contributed by atoms with Crippen molar-refractivity contribution >= 4 is 17.6 Å². The van der Waals surface area contributed by atoms with Gasteiger partial charge in [0.25, 0.3) is 5.91 Å². The Morgan fingerprint density at radius 3 is 2.67 bits per heavy atom. The van der Waals surface area contributed by atoms with Crippen molar-refractivity contribution in [3.05, 3.63) is 30.6 Å². The van der Waals surface area contributed by atoms with E-state index < -0.39 is 11.5 Å². The fraction of sp³-hybridized carbons (Fsp3) is 0.542. The van der Waals surface area contributed by atoms with Crippen molar-refractivity contribution in [3.8, 4) is 16.9 Å². The van der Waals surface area contributed by atoms with Crippen LogP contribution in [0.2, 0.25) is 0 Å². The van der Waals surface area contributed by atoms with E-state index in [4.69, 9.17) is 10.5 Å². The van der Waals surface area contributed by atoms with Crippen molar-refractivity contribution in [2.75, 3.05) is 25.0 Å². The maximum absolute atomic E-state index is 13.2. The number of hydrogen-bond donors (Lipinski definition) is 4. The van der Waals surface area contributed by atoms with Gasteiger partial charge in [0.1, 0.15) is 5.75 Å². The van der Waals surface area contributed by atoms with E-state index in [1.54, 1.807) is 43.3 Å². The van der Waals surface area contributed by atoms with Gasteiger partial charge in [0.2, 0.25) is 0 Å². The maximum atomic E-state index is 13.2. The minimum absolute atomic E-state index is 0.0228. The Hall–Kier alpha value is -3.07. The standard InChI is InChI=1S/C24H35N5O4/c1-24(2,22(25)31)33-21-13-18(19-14-26-27-15-19)9-10-20(21)28-23(32)29(11-6-12-30)16-17-7-4-3-5-8-17/h9-10,13-15,17,30H,3-8,11-12,16H2,1-2H3,(H2,25,31)(H,26,27)(H,28,32). The van der Waals surface area contributed by atoms with Gasteiger partial charge in [-0.05, 0) is 56.7 Å². The summed E-state index contributed by atoms with van der Waals surface area (Å²) in [6, 6.07) is 5.10. The van der Waals surface area contributed by atoms with E-state index >= 15 is 0 Å². The number of aliphatic hydroxyl groups excluding tert-OH is 1. The molecule has 5 N–H and O–H groups in total. The highest BCUT2D eigenvalue weighted by Gasteiger charge is 2.29. The molecule has 1 fully saturated rings. The SMILES string of the molecule is CC(C)(Oc1cc(-c2cn[nH]c2)ccc1NC(=O)N(CCCO)CC1CCCCC1)C(N)=O. The van der Waals surface area contributed by atoms with Crippen LogP contribution in [0.25, 0.3) is 11.1 Å². The average Bonchev–Trinajstić information content (AvgIpc) is 3.33. The number of primary amides is 1. The minimum Gasteiger partial charge on any atom is -0.476 e. The number of benzene rings is 1. The van der Waals surface area contributed by atoms with E-state index in [0.29, 0.717) is 36.9 Å². The van der Waals surface area contributed by atoms with Crippen molar-refractivity contribution in [1.82, 2.24) is 15.1 Å². The number of carbonyl (C=O) groups excluding carboxylic acids is 2. The van der Waals surface area contributed by atoms with Crippen molar-refractivity contribution < 1.29 is 19.4 Å². The third-order valence-corrected chi connectivity index (χ3v) is 6.09. The Labute approximate surface area is 194 Å². The second kappa shape index (κ2) is 11.2. The molecule has 180 valence electrons. The summed E-state index contributed by atoms with van der Waals surface area (Å²) in [4.78, 5) is 26.9. The van der Waals surface area contributed by atoms with Crippen molar-refractivity contribution in [1.29, 1.82) is 0 Å². The zero-order valence-electron chi connectivity index (χ0n) is 19.5. The van der Waals surface area contributed by atoms with Gasteiger partial charge >= 0.3 is 6.03 Å². The summed E-state index contributed by atoms with van der Waals surface area (Å²) in [7, 11) is 0. The van der Waals surface area contributed by atoms with Crippen LogP contribution in [-0.4, -0.2) is 57.4 Å². The summed E-state index contributed by atoms with van der Waals surface area (Å²) in [6.07, 6.45) is 9.80. The molecule has 1 saturated carbocycles. The quantitative estimate of drug-likeness (QED) is 0.433. The zero-order chi connectivity index (χ0) is 23.8. The number of hydrogen-bond acceptors (Lipinski definition) is 5. The zero-order valence-corrected chi connectivity index (χ0v) is 19.5. The molecule has 0 atom stereocenters. The molecule has 3 amide bonds. The summed E-state index contributed by atoms with van der Waals surface area (Å²) in [5.74, 6) is 0.192. The molecular formula is C24H35N5O4. The van der Waals surface area contributed by atoms with Gasteiger partial charge < -0.3 is 25.8 Å². The summed E-state index contributed by atoms with van der Waals surface area (Å²) in [5.41, 5.74) is 6.34. The number of aliphatic hydroxyl groups is 1. The molecule has 0 aliphatic heterocycles. The molecule has 9 nitrogen and oxygen atoms in total. The number of H-pyrrole nitrogens is 1. The molecule has 0 saturated heterocycles. The van der Waals surface area contributed by atoms with Crippen LogP contribution in [0, 0.1) is 5.92 Å². The van der Waals surface area contributed by atoms with Gasteiger partial charge in [0, 0.05) is 31.5 Å². The van der Waals surface area contributed by atoms with Crippen LogP contribution in [-0.2, 0) is 4.79 Å². The minimum atomic E-state index is -1.27. The predicted octanol–water partition coefficient (Wildman–Crippen LogP) is 3.52. The molecule has 3 rings (SSSR count). The number of urea groups is 1. The predicted molar refractivity (Wildman–Crippen MR) is 127 cm³/mol. The first-order valence-corrected chi connectivity index (χ1v) is 11.6. The summed E-state index contributed by atoms with van der Waals surface area (Å²) in [5, 5.41) is 19.0. The maximum Gasteiger partial charge on any atom is 0.321 e. The van der Waals surface area contributed by atoms with Crippen molar-refractivity contribution in [2.45, 2.75) is 58.0 Å². The van der Waals surface area contributed by atoms with E-state index in [1.807, 2.05) is 6.07 Å². The van der Waals surface area contributed by atoms with Crippen molar-refractivity contribution in [3.63, 3.8) is 0 Å². The van der Waals surface area contributed by atoms with Crippen LogP contribution in [0.4, 0.5) is 10.5 Å². The van der Waals surface area contributed by atoms with Gasteiger partial charge in [-0.2, -0.15) is 5.10 Å². The number of ether oxygens (including phenoxy) is 1. The van der Waals surface area contributed by atoms with Crippen LogP contribution in [0.15, 0.2) is 30.6 Å². The van der Waals surface area contributed by atoms with Gasteiger partial charge in [-0.25, -0.2) is 4.79 Å². The summed E-state index contributed by atoms with van der Waals surface area (Å²) in [6.45, 7) is 4.32. The fourth-order valence-electron chi connectivity index (χ4n) is 4.04. The van der Waals surface area contributed by atoms with Gasteiger partial charge in [-0.1, -0.05) is 25.3 Å². The van der Waals surface area contributed by atoms with Gasteiger partial charge in [-0.3, -0.25) is 9.89 Å². The number of aromatic nitrogens is 2. The Kier molecular flexibility index (Phi) is 8.32. The van der Waals surface area contributed by atoms with E-state index in [0.717, 1.165) is 24.0 Å². The lowest BCUT2D eigenvalue weighted by Gasteiger charge is -2.30. The van der Waals surface area contributed by atoms with Gasteiger partial charge in [-0.15, -0.1) is 0 Å². The first-order chi connectivity index (χ1) is 15.8. The van der Waals surface area contributed by atoms with Gasteiger partial charge in [0.15, 0.2) is 5.60 Å². The largest absolute Gasteiger partial charge is 0.476 e. The smallest absolute Gasteiger partial charge is 0.321 e. The third kappa shape index (κ3) is 6.71. The van der Waals surface area contributed by atoms with Crippen LogP contribution in [0.5, 0.6) is 5.75 Å². The molecule has 1 aromatic heterocycles. The third-order valence-electron chi connectivity index (χ3n) is 6.09. The molecule has 0 unspecified atom stereocenters. The topological polar surface area (TPSA) is 134 Å². The lowest BCUT2D eigenvalue weighted by atomic mass is 9.89. The number of rotatable bonds is 10. The molecule has 33 heavy (non-hydrogen) atoms. The Bertz CT molecular complexity index is 923. The molecule has 2 aromatic rings. The van der Waals surface area contributed by atoms with Crippen LogP contribution in [0.3, 0.4) is 0 Å². The number of nitrogens with one attached hydrogen (secondary N) is 2. The monoisotopic (exact) mass is 457 g/mol. The summed E-state index contributed by atoms with van der Waals surface area (Å²) >= 11 is 0. The molecular weight excluding hydrogens is 422 g/mol. The van der Waals surface area contributed by atoms with Crippen LogP contribution in [0.1, 0.15) is 52.4 Å². The Morgan fingerprint density at radius 1 is 1.27 bits per heavy atom. The van der Waals surface area contributed by atoms with E-state index in [2.05, 4.69) is 15.5 Å². The second-order valence-corrected chi connectivity index (χ2v) is 9.13. The number of amides is 3. The highest BCUT2D eigenvalue weighted by atomic mass is 16.5. The molecule has 0 spiro atoms. The highest BCUT2D eigenvalue weighted by molar-refractivity contribution is 5.92. The normalized spacial score (nSPS) is 14.6. The van der Waals surface area contributed by atoms with Crippen LogP contribution < -0.4 is 15.8 Å². The number of nitrogens with zero attached hydrogens (tertiary/aromatic N) is 2. The van der Waals surface area contributed by atoms with E-state index in [1.165, 1.54) is 19.3 Å². The highest BCUT2D eigenvalue weighted by Crippen LogP contribution is 2.33. The number of carbonyl (C=O) groups is 2. The molecule has 0 radical (unpaired) electrons. The fourth-order valence-corrected chi connectivity index (χ4v) is 4.04. The first-order valence-electron chi connectivity index (χ1n) is 11.6. The molecule has 1 aromatic carbocycles. The van der Waals surface area contributed by atoms with E-state index in [-0.39, 0.29) is 12.6 Å². The Balaban J connectivity index is 1.83. The molecule has 1 aliphatic rings. The molecule has 9 heteroatoms. The van der Waals surface area contributed by atoms with Crippen molar-refractivity contribution in [2.24, 2.45) is 11.7 Å². The lowest BCUT2D eigenvalue weighted by Crippen LogP contribution is -2.43. The first kappa shape index (κ1) is 24.6. The molecule has 1 heterocycles. The lowest BCUT2D eigenvalue weighted by molar-refractivity contribution is -0.130. The number of nitrogens with two attached hydrogens (primary N) is 1. The second-order valence-electron chi connectivity index (χ2n) is 9.13. The molecule has 1 aliphatic carbocycles. The number of anilines is 1. The number of aromatic amines is 1.